The van der Waals surface area contributed by atoms with Crippen molar-refractivity contribution in [3.05, 3.63) is 35.4 Å². The highest BCUT2D eigenvalue weighted by molar-refractivity contribution is 5.86. The van der Waals surface area contributed by atoms with Crippen LogP contribution >= 0.6 is 0 Å². The van der Waals surface area contributed by atoms with Crippen molar-refractivity contribution in [3.63, 3.8) is 0 Å². The summed E-state index contributed by atoms with van der Waals surface area (Å²) in [6, 6.07) is 3.37. The molecular formula is C18H24F2N4O3. The maximum absolute atomic E-state index is 13.9. The lowest BCUT2D eigenvalue weighted by molar-refractivity contribution is -0.143. The number of carbonyl (C=O) groups is 2. The first-order chi connectivity index (χ1) is 12.7. The number of halogens is 2. The van der Waals surface area contributed by atoms with Crippen LogP contribution in [-0.4, -0.2) is 52.7 Å². The van der Waals surface area contributed by atoms with Gasteiger partial charge in [0.15, 0.2) is 6.10 Å². The van der Waals surface area contributed by atoms with Gasteiger partial charge in [0, 0.05) is 43.7 Å². The van der Waals surface area contributed by atoms with Gasteiger partial charge in [-0.3, -0.25) is 9.69 Å². The second-order valence-electron chi connectivity index (χ2n) is 7.33. The Balaban J connectivity index is 1.63. The minimum Gasteiger partial charge on any atom is -0.436 e. The van der Waals surface area contributed by atoms with Crippen LogP contribution in [0, 0.1) is 11.6 Å². The Morgan fingerprint density at radius 1 is 1.33 bits per heavy atom. The summed E-state index contributed by atoms with van der Waals surface area (Å²) < 4.78 is 31.8. The predicted octanol–water partition coefficient (Wildman–Crippen LogP) is 1.30. The first-order valence-corrected chi connectivity index (χ1v) is 8.94. The fourth-order valence-corrected chi connectivity index (χ4v) is 4.02. The van der Waals surface area contributed by atoms with Gasteiger partial charge in [-0.25, -0.2) is 13.6 Å². The van der Waals surface area contributed by atoms with Crippen molar-refractivity contribution in [2.24, 2.45) is 11.5 Å². The van der Waals surface area contributed by atoms with Crippen molar-refractivity contribution < 1.29 is 23.1 Å². The smallest absolute Gasteiger partial charge is 0.405 e. The highest BCUT2D eigenvalue weighted by Crippen LogP contribution is 2.33. The maximum Gasteiger partial charge on any atom is 0.405 e. The minimum absolute atomic E-state index is 0.173. The number of likely N-dealkylation sites (tertiary alicyclic amines) is 2. The third kappa shape index (κ3) is 4.03. The molecule has 7 nitrogen and oxygen atoms in total. The quantitative estimate of drug-likeness (QED) is 0.817. The number of hydrogen-bond acceptors (Lipinski definition) is 5. The Morgan fingerprint density at radius 2 is 2.00 bits per heavy atom. The lowest BCUT2D eigenvalue weighted by Gasteiger charge is -2.46. The second kappa shape index (κ2) is 7.40. The number of amides is 2. The first kappa shape index (κ1) is 19.5. The second-order valence-corrected chi connectivity index (χ2v) is 7.33. The van der Waals surface area contributed by atoms with Crippen LogP contribution in [0.25, 0.3) is 0 Å². The molecular weight excluding hydrogens is 358 g/mol. The molecule has 0 aromatic heterocycles. The van der Waals surface area contributed by atoms with E-state index in [4.69, 9.17) is 16.2 Å². The van der Waals surface area contributed by atoms with Gasteiger partial charge in [0.2, 0.25) is 0 Å². The predicted molar refractivity (Wildman–Crippen MR) is 93.2 cm³/mol. The summed E-state index contributed by atoms with van der Waals surface area (Å²) in [4.78, 5) is 27.2. The van der Waals surface area contributed by atoms with E-state index in [1.165, 1.54) is 12.1 Å². The molecule has 148 valence electrons. The molecule has 27 heavy (non-hydrogen) atoms. The molecule has 0 bridgehead atoms. The highest BCUT2D eigenvalue weighted by atomic mass is 19.1. The number of primary amides is 1. The molecule has 0 radical (unpaired) electrons. The summed E-state index contributed by atoms with van der Waals surface area (Å²) in [6.45, 7) is 3.33. The highest BCUT2D eigenvalue weighted by Gasteiger charge is 2.49. The van der Waals surface area contributed by atoms with E-state index in [2.05, 4.69) is 0 Å². The van der Waals surface area contributed by atoms with Gasteiger partial charge in [-0.1, -0.05) is 6.07 Å². The van der Waals surface area contributed by atoms with Crippen LogP contribution in [0.4, 0.5) is 13.6 Å². The fourth-order valence-electron chi connectivity index (χ4n) is 4.02. The van der Waals surface area contributed by atoms with Gasteiger partial charge in [0.25, 0.3) is 5.91 Å². The molecule has 2 unspecified atom stereocenters. The molecule has 1 aromatic rings. The molecule has 2 aliphatic heterocycles. The third-order valence-electron chi connectivity index (χ3n) is 5.38. The lowest BCUT2D eigenvalue weighted by atomic mass is 9.94. The van der Waals surface area contributed by atoms with E-state index in [9.17, 15) is 18.4 Å². The maximum atomic E-state index is 13.9. The average Bonchev–Trinajstić information content (AvgIpc) is 2.86. The Hall–Kier alpha value is -2.26. The van der Waals surface area contributed by atoms with Crippen LogP contribution in [0.3, 0.4) is 0 Å². The summed E-state index contributed by atoms with van der Waals surface area (Å²) in [5.41, 5.74) is 11.1. The molecule has 2 aliphatic rings. The van der Waals surface area contributed by atoms with Gasteiger partial charge >= 0.3 is 6.09 Å². The van der Waals surface area contributed by atoms with Crippen molar-refractivity contribution in [3.8, 4) is 0 Å². The Kier molecular flexibility index (Phi) is 5.34. The summed E-state index contributed by atoms with van der Waals surface area (Å²) in [5, 5.41) is 0. The van der Waals surface area contributed by atoms with E-state index in [1.54, 1.807) is 4.90 Å². The number of ether oxygens (including phenoxy) is 1. The molecule has 0 aliphatic carbocycles. The third-order valence-corrected chi connectivity index (χ3v) is 5.38. The van der Waals surface area contributed by atoms with E-state index in [0.717, 1.165) is 6.07 Å². The molecule has 3 rings (SSSR count). The topological polar surface area (TPSA) is 102 Å². The van der Waals surface area contributed by atoms with Gasteiger partial charge in [-0.15, -0.1) is 0 Å². The molecule has 9 heteroatoms. The molecule has 2 heterocycles. The summed E-state index contributed by atoms with van der Waals surface area (Å²) >= 11 is 0. The molecule has 4 N–H and O–H groups in total. The number of nitrogens with zero attached hydrogens (tertiary/aromatic N) is 2. The lowest BCUT2D eigenvalue weighted by Crippen LogP contribution is -2.63. The van der Waals surface area contributed by atoms with Gasteiger partial charge in [0.05, 0.1) is 5.66 Å². The standard InChI is InChI=1S/C18H24F2N4O3/c1-11-8-15(27-17(21)26)16(25)24(11)18(22)4-6-23(7-5-18)10-12-2-3-13(19)9-14(12)20/h2-3,9,11,15H,4-8,10,22H2,1H3,(H2,21,26). The van der Waals surface area contributed by atoms with Crippen LogP contribution in [0.2, 0.25) is 0 Å². The SMILES string of the molecule is CC1CC(OC(N)=O)C(=O)N1C1(N)CCN(Cc2ccc(F)cc2F)CC1. The molecule has 0 saturated carbocycles. The number of rotatable bonds is 4. The van der Waals surface area contributed by atoms with Crippen molar-refractivity contribution in [2.75, 3.05) is 13.1 Å². The van der Waals surface area contributed by atoms with Gasteiger partial charge < -0.3 is 21.1 Å². The number of piperidine rings is 1. The van der Waals surface area contributed by atoms with Crippen molar-refractivity contribution in [2.45, 2.75) is 50.5 Å². The first-order valence-electron chi connectivity index (χ1n) is 8.94. The van der Waals surface area contributed by atoms with Crippen molar-refractivity contribution >= 4 is 12.0 Å². The zero-order valence-electron chi connectivity index (χ0n) is 15.2. The van der Waals surface area contributed by atoms with Crippen LogP contribution in [0.5, 0.6) is 0 Å². The van der Waals surface area contributed by atoms with Crippen LogP contribution in [0.15, 0.2) is 18.2 Å². The molecule has 2 fully saturated rings. The van der Waals surface area contributed by atoms with E-state index in [1.807, 2.05) is 11.8 Å². The number of carbonyl (C=O) groups excluding carboxylic acids is 2. The molecule has 2 saturated heterocycles. The van der Waals surface area contributed by atoms with E-state index in [-0.39, 0.29) is 11.9 Å². The van der Waals surface area contributed by atoms with E-state index >= 15 is 0 Å². The number of nitrogens with two attached hydrogens (primary N) is 2. The normalized spacial score (nSPS) is 25.6. The molecule has 2 amide bonds. The largest absolute Gasteiger partial charge is 0.436 e. The zero-order valence-corrected chi connectivity index (χ0v) is 15.2. The van der Waals surface area contributed by atoms with E-state index in [0.29, 0.717) is 44.5 Å². The van der Waals surface area contributed by atoms with E-state index < -0.39 is 29.5 Å². The van der Waals surface area contributed by atoms with Gasteiger partial charge in [-0.05, 0) is 25.8 Å². The molecule has 2 atom stereocenters. The van der Waals surface area contributed by atoms with Crippen LogP contribution in [-0.2, 0) is 16.1 Å². The Morgan fingerprint density at radius 3 is 2.59 bits per heavy atom. The zero-order chi connectivity index (χ0) is 19.8. The summed E-state index contributed by atoms with van der Waals surface area (Å²) in [6.07, 6.45) is -0.538. The average molecular weight is 382 g/mol. The van der Waals surface area contributed by atoms with Gasteiger partial charge in [-0.2, -0.15) is 0 Å². The molecule has 0 spiro atoms. The van der Waals surface area contributed by atoms with Crippen molar-refractivity contribution in [1.82, 2.24) is 9.80 Å². The van der Waals surface area contributed by atoms with Crippen LogP contribution < -0.4 is 11.5 Å². The Bertz CT molecular complexity index is 737. The number of benzene rings is 1. The summed E-state index contributed by atoms with van der Waals surface area (Å²) in [7, 11) is 0. The monoisotopic (exact) mass is 382 g/mol. The van der Waals surface area contributed by atoms with Crippen LogP contribution in [0.1, 0.15) is 31.7 Å². The minimum atomic E-state index is -0.982. The Labute approximate surface area is 156 Å². The number of hydrogen-bond donors (Lipinski definition) is 2. The van der Waals surface area contributed by atoms with Crippen molar-refractivity contribution in [1.29, 1.82) is 0 Å². The summed E-state index contributed by atoms with van der Waals surface area (Å²) in [5.74, 6) is -1.51. The van der Waals surface area contributed by atoms with Gasteiger partial charge in [0.1, 0.15) is 11.6 Å². The fraction of sp³-hybridized carbons (Fsp3) is 0.556. The molecule has 1 aromatic carbocycles.